The van der Waals surface area contributed by atoms with Crippen LogP contribution in [0.1, 0.15) is 30.8 Å². The van der Waals surface area contributed by atoms with Crippen LogP contribution in [-0.4, -0.2) is 38.3 Å². The molecular weight excluding hydrogens is 374 g/mol. The van der Waals surface area contributed by atoms with Gasteiger partial charge in [0, 0.05) is 29.9 Å². The fourth-order valence-corrected chi connectivity index (χ4v) is 2.87. The third-order valence-corrected chi connectivity index (χ3v) is 4.60. The van der Waals surface area contributed by atoms with Crippen LogP contribution >= 0.6 is 0 Å². The number of anilines is 2. The van der Waals surface area contributed by atoms with E-state index in [4.69, 9.17) is 18.6 Å². The van der Waals surface area contributed by atoms with E-state index in [-0.39, 0.29) is 17.6 Å². The number of furan rings is 1. The van der Waals surface area contributed by atoms with Gasteiger partial charge in [-0.05, 0) is 19.4 Å². The van der Waals surface area contributed by atoms with Gasteiger partial charge in [0.15, 0.2) is 11.5 Å². The number of fused-ring (bicyclic) bond motifs is 1. The molecule has 2 N–H and O–H groups in total. The maximum atomic E-state index is 12.6. The van der Waals surface area contributed by atoms with E-state index < -0.39 is 0 Å². The molecule has 2 aromatic heterocycles. The first-order chi connectivity index (χ1) is 14.0. The molecule has 0 saturated heterocycles. The molecule has 1 amide bonds. The smallest absolute Gasteiger partial charge is 0.270 e. The van der Waals surface area contributed by atoms with Crippen molar-refractivity contribution in [2.24, 2.45) is 0 Å². The summed E-state index contributed by atoms with van der Waals surface area (Å²) >= 11 is 0. The van der Waals surface area contributed by atoms with Gasteiger partial charge in [-0.2, -0.15) is 0 Å². The van der Waals surface area contributed by atoms with E-state index in [1.54, 1.807) is 51.9 Å². The third kappa shape index (κ3) is 4.21. The lowest BCUT2D eigenvalue weighted by Crippen LogP contribution is -2.32. The van der Waals surface area contributed by atoms with Crippen molar-refractivity contribution in [2.75, 3.05) is 26.6 Å². The highest BCUT2D eigenvalue weighted by molar-refractivity contribution is 5.99. The summed E-state index contributed by atoms with van der Waals surface area (Å²) < 4.78 is 21.7. The van der Waals surface area contributed by atoms with Crippen LogP contribution in [0.25, 0.3) is 11.0 Å². The molecular formula is C21H25N3O5. The van der Waals surface area contributed by atoms with Crippen molar-refractivity contribution in [1.29, 1.82) is 0 Å². The third-order valence-electron chi connectivity index (χ3n) is 4.60. The van der Waals surface area contributed by atoms with E-state index in [9.17, 15) is 4.79 Å². The van der Waals surface area contributed by atoms with Crippen molar-refractivity contribution in [1.82, 2.24) is 10.3 Å². The van der Waals surface area contributed by atoms with Crippen LogP contribution in [0, 0.1) is 0 Å². The average Bonchev–Trinajstić information content (AvgIpc) is 3.21. The number of nitrogens with one attached hydrogen (secondary N) is 2. The Morgan fingerprint density at radius 1 is 1.14 bits per heavy atom. The van der Waals surface area contributed by atoms with Crippen LogP contribution in [-0.2, 0) is 0 Å². The maximum absolute atomic E-state index is 12.6. The number of ether oxygens (including phenoxy) is 3. The number of hydrogen-bond acceptors (Lipinski definition) is 7. The van der Waals surface area contributed by atoms with E-state index in [1.807, 2.05) is 13.8 Å². The number of rotatable bonds is 8. The first kappa shape index (κ1) is 20.3. The van der Waals surface area contributed by atoms with E-state index in [2.05, 4.69) is 15.6 Å². The minimum Gasteiger partial charge on any atom is -0.493 e. The van der Waals surface area contributed by atoms with Gasteiger partial charge in [-0.3, -0.25) is 4.79 Å². The number of pyridine rings is 1. The van der Waals surface area contributed by atoms with Crippen LogP contribution in [0.5, 0.6) is 17.2 Å². The number of methoxy groups -OCH3 is 3. The zero-order valence-electron chi connectivity index (χ0n) is 17.2. The maximum Gasteiger partial charge on any atom is 0.270 e. The molecule has 1 aromatic carbocycles. The number of benzene rings is 1. The minimum atomic E-state index is -0.259. The van der Waals surface area contributed by atoms with Crippen molar-refractivity contribution < 1.29 is 23.4 Å². The quantitative estimate of drug-likeness (QED) is 0.588. The number of nitrogens with zero attached hydrogens (tertiary/aromatic N) is 1. The fourth-order valence-electron chi connectivity index (χ4n) is 2.87. The van der Waals surface area contributed by atoms with Crippen LogP contribution in [0.15, 0.2) is 34.9 Å². The fraction of sp³-hybridized carbons (Fsp3) is 0.333. The van der Waals surface area contributed by atoms with Crippen molar-refractivity contribution in [2.45, 2.75) is 26.3 Å². The summed E-state index contributed by atoms with van der Waals surface area (Å²) in [6.07, 6.45) is 2.38. The van der Waals surface area contributed by atoms with Crippen molar-refractivity contribution in [3.8, 4) is 17.2 Å². The van der Waals surface area contributed by atoms with Crippen LogP contribution < -0.4 is 24.8 Å². The zero-order chi connectivity index (χ0) is 21.0. The Morgan fingerprint density at radius 2 is 1.83 bits per heavy atom. The summed E-state index contributed by atoms with van der Waals surface area (Å²) in [6, 6.07) is 7.00. The molecule has 1 atom stereocenters. The molecule has 0 unspecified atom stereocenters. The molecule has 8 nitrogen and oxygen atoms in total. The lowest BCUT2D eigenvalue weighted by atomic mass is 10.2. The second kappa shape index (κ2) is 8.72. The van der Waals surface area contributed by atoms with Gasteiger partial charge < -0.3 is 29.3 Å². The van der Waals surface area contributed by atoms with Gasteiger partial charge >= 0.3 is 0 Å². The van der Waals surface area contributed by atoms with E-state index >= 15 is 0 Å². The molecule has 154 valence electrons. The molecule has 0 aliphatic rings. The predicted molar refractivity (Wildman–Crippen MR) is 111 cm³/mol. The molecule has 0 spiro atoms. The highest BCUT2D eigenvalue weighted by Crippen LogP contribution is 2.41. The van der Waals surface area contributed by atoms with Crippen LogP contribution in [0.4, 0.5) is 11.5 Å². The Bertz CT molecular complexity index is 990. The van der Waals surface area contributed by atoms with Gasteiger partial charge in [0.05, 0.1) is 33.0 Å². The molecule has 3 rings (SSSR count). The molecule has 0 radical (unpaired) electrons. The summed E-state index contributed by atoms with van der Waals surface area (Å²) in [7, 11) is 4.64. The molecule has 2 heterocycles. The van der Waals surface area contributed by atoms with E-state index in [1.165, 1.54) is 0 Å². The monoisotopic (exact) mass is 399 g/mol. The summed E-state index contributed by atoms with van der Waals surface area (Å²) in [5.41, 5.74) is 1.49. The van der Waals surface area contributed by atoms with Gasteiger partial charge in [0.1, 0.15) is 17.1 Å². The second-order valence-corrected chi connectivity index (χ2v) is 6.51. The Labute approximate surface area is 169 Å². The normalized spacial score (nSPS) is 11.8. The van der Waals surface area contributed by atoms with Gasteiger partial charge in [-0.15, -0.1) is 0 Å². The molecule has 0 bridgehead atoms. The van der Waals surface area contributed by atoms with Crippen molar-refractivity contribution in [3.05, 3.63) is 36.2 Å². The molecule has 0 fully saturated rings. The highest BCUT2D eigenvalue weighted by atomic mass is 16.5. The Balaban J connectivity index is 2.02. The number of amides is 1. The molecule has 0 saturated carbocycles. The summed E-state index contributed by atoms with van der Waals surface area (Å²) in [4.78, 5) is 17.1. The topological polar surface area (TPSA) is 94.9 Å². The number of aromatic nitrogens is 1. The average molecular weight is 399 g/mol. The zero-order valence-corrected chi connectivity index (χ0v) is 17.2. The summed E-state index contributed by atoms with van der Waals surface area (Å²) in [6.45, 7) is 3.95. The number of carbonyl (C=O) groups is 1. The van der Waals surface area contributed by atoms with Gasteiger partial charge in [-0.1, -0.05) is 6.92 Å². The summed E-state index contributed by atoms with van der Waals surface area (Å²) in [5, 5.41) is 6.90. The van der Waals surface area contributed by atoms with Crippen LogP contribution in [0.3, 0.4) is 0 Å². The van der Waals surface area contributed by atoms with Gasteiger partial charge in [0.2, 0.25) is 5.75 Å². The number of hydrogen-bond donors (Lipinski definition) is 2. The highest BCUT2D eigenvalue weighted by Gasteiger charge is 2.18. The largest absolute Gasteiger partial charge is 0.493 e. The molecule has 3 aromatic rings. The number of carbonyl (C=O) groups excluding carboxylic acids is 1. The SMILES string of the molecule is CC[C@H](C)NC(=O)c1cc2occc2c(Nc2cc(OC)c(OC)c(OC)c2)n1. The van der Waals surface area contributed by atoms with Crippen molar-refractivity contribution >= 4 is 28.4 Å². The molecule has 29 heavy (non-hydrogen) atoms. The van der Waals surface area contributed by atoms with Crippen LogP contribution in [0.2, 0.25) is 0 Å². The molecule has 8 heteroatoms. The second-order valence-electron chi connectivity index (χ2n) is 6.51. The standard InChI is InChI=1S/C21H25N3O5/c1-6-12(2)22-21(25)15-11-16-14(7-8-29-16)20(24-15)23-13-9-17(26-3)19(28-5)18(10-13)27-4/h7-12H,6H2,1-5H3,(H,22,25)(H,23,24)/t12-/m0/s1. The van der Waals surface area contributed by atoms with E-state index in [0.29, 0.717) is 34.3 Å². The lowest BCUT2D eigenvalue weighted by molar-refractivity contribution is 0.0934. The Kier molecular flexibility index (Phi) is 6.11. The molecule has 0 aliphatic carbocycles. The Morgan fingerprint density at radius 3 is 2.41 bits per heavy atom. The molecule has 0 aliphatic heterocycles. The van der Waals surface area contributed by atoms with Crippen molar-refractivity contribution in [3.63, 3.8) is 0 Å². The minimum absolute atomic E-state index is 0.0446. The lowest BCUT2D eigenvalue weighted by Gasteiger charge is -2.16. The first-order valence-corrected chi connectivity index (χ1v) is 9.26. The summed E-state index contributed by atoms with van der Waals surface area (Å²) in [5.74, 6) is 1.72. The van der Waals surface area contributed by atoms with Gasteiger partial charge in [0.25, 0.3) is 5.91 Å². The van der Waals surface area contributed by atoms with Gasteiger partial charge in [-0.25, -0.2) is 4.98 Å². The Hall–Kier alpha value is -3.42. The van der Waals surface area contributed by atoms with E-state index in [0.717, 1.165) is 11.8 Å². The first-order valence-electron chi connectivity index (χ1n) is 9.26. The predicted octanol–water partition coefficient (Wildman–Crippen LogP) is 4.13.